The van der Waals surface area contributed by atoms with Crippen molar-refractivity contribution in [1.82, 2.24) is 14.9 Å². The molecule has 2 rings (SSSR count). The standard InChI is InChI=1S/C13H16N4O2S/c1-19-7-6-17(8-10-4-2-3-5-15-10)12(18)11-9-20-13(14)16-11/h2-5,9H,6-8H2,1H3,(H2,14,16). The molecule has 0 bridgehead atoms. The Morgan fingerprint density at radius 2 is 2.35 bits per heavy atom. The third kappa shape index (κ3) is 3.75. The molecule has 2 aromatic rings. The summed E-state index contributed by atoms with van der Waals surface area (Å²) >= 11 is 1.25. The van der Waals surface area contributed by atoms with E-state index in [0.717, 1.165) is 5.69 Å². The van der Waals surface area contributed by atoms with Crippen molar-refractivity contribution in [2.24, 2.45) is 0 Å². The Kier molecular flexibility index (Phi) is 5.03. The zero-order chi connectivity index (χ0) is 14.4. The van der Waals surface area contributed by atoms with Gasteiger partial charge in [-0.2, -0.15) is 0 Å². The van der Waals surface area contributed by atoms with Gasteiger partial charge in [0.05, 0.1) is 18.8 Å². The summed E-state index contributed by atoms with van der Waals surface area (Å²) in [5, 5.41) is 2.05. The Bertz CT molecular complexity index is 559. The zero-order valence-electron chi connectivity index (χ0n) is 11.2. The normalized spacial score (nSPS) is 10.4. The van der Waals surface area contributed by atoms with Gasteiger partial charge in [-0.15, -0.1) is 11.3 Å². The van der Waals surface area contributed by atoms with Crippen molar-refractivity contribution in [2.75, 3.05) is 26.0 Å². The topological polar surface area (TPSA) is 81.3 Å². The van der Waals surface area contributed by atoms with Crippen molar-refractivity contribution in [3.05, 3.63) is 41.2 Å². The number of carbonyl (C=O) groups is 1. The zero-order valence-corrected chi connectivity index (χ0v) is 12.0. The number of hydrogen-bond donors (Lipinski definition) is 1. The summed E-state index contributed by atoms with van der Waals surface area (Å²) in [5.74, 6) is -0.166. The maximum Gasteiger partial charge on any atom is 0.273 e. The minimum atomic E-state index is -0.166. The van der Waals surface area contributed by atoms with Crippen molar-refractivity contribution in [1.29, 1.82) is 0 Å². The van der Waals surface area contributed by atoms with Crippen LogP contribution in [0.1, 0.15) is 16.2 Å². The molecule has 1 amide bonds. The smallest absolute Gasteiger partial charge is 0.273 e. The van der Waals surface area contributed by atoms with E-state index in [0.29, 0.717) is 30.5 Å². The van der Waals surface area contributed by atoms with Crippen LogP contribution in [0.4, 0.5) is 5.13 Å². The molecule has 0 radical (unpaired) electrons. The lowest BCUT2D eigenvalue weighted by Gasteiger charge is -2.21. The fourth-order valence-electron chi connectivity index (χ4n) is 1.69. The Balaban J connectivity index is 2.12. The number of methoxy groups -OCH3 is 1. The molecule has 0 aliphatic carbocycles. The summed E-state index contributed by atoms with van der Waals surface area (Å²) < 4.78 is 5.04. The number of pyridine rings is 1. The summed E-state index contributed by atoms with van der Waals surface area (Å²) in [6, 6.07) is 5.61. The molecule has 0 unspecified atom stereocenters. The van der Waals surface area contributed by atoms with Gasteiger partial charge >= 0.3 is 0 Å². The summed E-state index contributed by atoms with van der Waals surface area (Å²) in [6.45, 7) is 1.35. The molecule has 106 valence electrons. The number of carbonyl (C=O) groups excluding carboxylic acids is 1. The van der Waals surface area contributed by atoms with Gasteiger partial charge in [0.25, 0.3) is 5.91 Å². The molecule has 2 aromatic heterocycles. The first kappa shape index (κ1) is 14.4. The molecule has 2 heterocycles. The second-order valence-corrected chi connectivity index (χ2v) is 5.00. The molecule has 20 heavy (non-hydrogen) atoms. The first-order chi connectivity index (χ1) is 9.70. The van der Waals surface area contributed by atoms with Crippen LogP contribution in [0.2, 0.25) is 0 Å². The molecule has 7 heteroatoms. The van der Waals surface area contributed by atoms with Crippen LogP contribution in [0, 0.1) is 0 Å². The average Bonchev–Trinajstić information content (AvgIpc) is 2.90. The fraction of sp³-hybridized carbons (Fsp3) is 0.308. The van der Waals surface area contributed by atoms with E-state index < -0.39 is 0 Å². The predicted molar refractivity (Wildman–Crippen MR) is 77.4 cm³/mol. The van der Waals surface area contributed by atoms with Crippen LogP contribution >= 0.6 is 11.3 Å². The van der Waals surface area contributed by atoms with Crippen LogP contribution in [-0.4, -0.2) is 41.0 Å². The molecular formula is C13H16N4O2S. The molecular weight excluding hydrogens is 276 g/mol. The molecule has 0 saturated heterocycles. The van der Waals surface area contributed by atoms with Crippen LogP contribution < -0.4 is 5.73 Å². The third-order valence-electron chi connectivity index (χ3n) is 2.67. The van der Waals surface area contributed by atoms with E-state index in [1.165, 1.54) is 11.3 Å². The van der Waals surface area contributed by atoms with Gasteiger partial charge in [-0.25, -0.2) is 4.98 Å². The molecule has 0 aromatic carbocycles. The minimum absolute atomic E-state index is 0.166. The van der Waals surface area contributed by atoms with Gasteiger partial charge in [0.1, 0.15) is 5.69 Å². The average molecular weight is 292 g/mol. The molecule has 0 atom stereocenters. The number of anilines is 1. The van der Waals surface area contributed by atoms with Crippen LogP contribution in [0.3, 0.4) is 0 Å². The van der Waals surface area contributed by atoms with Crippen molar-refractivity contribution in [3.63, 3.8) is 0 Å². The maximum absolute atomic E-state index is 12.4. The number of amides is 1. The van der Waals surface area contributed by atoms with Gasteiger partial charge in [-0.1, -0.05) is 6.07 Å². The lowest BCUT2D eigenvalue weighted by atomic mass is 10.3. The van der Waals surface area contributed by atoms with Crippen LogP contribution in [0.5, 0.6) is 0 Å². The quantitative estimate of drug-likeness (QED) is 0.870. The van der Waals surface area contributed by atoms with Crippen LogP contribution in [0.25, 0.3) is 0 Å². The summed E-state index contributed by atoms with van der Waals surface area (Å²) in [7, 11) is 1.60. The van der Waals surface area contributed by atoms with E-state index >= 15 is 0 Å². The van der Waals surface area contributed by atoms with E-state index in [-0.39, 0.29) is 5.91 Å². The predicted octanol–water partition coefficient (Wildman–Crippen LogP) is 1.41. The molecule has 0 saturated carbocycles. The van der Waals surface area contributed by atoms with Gasteiger partial charge in [0.15, 0.2) is 5.13 Å². The highest BCUT2D eigenvalue weighted by atomic mass is 32.1. The SMILES string of the molecule is COCCN(Cc1ccccn1)C(=O)c1csc(N)n1. The Morgan fingerprint density at radius 1 is 1.50 bits per heavy atom. The molecule has 0 aliphatic heterocycles. The Hall–Kier alpha value is -1.99. The molecule has 6 nitrogen and oxygen atoms in total. The van der Waals surface area contributed by atoms with Gasteiger partial charge in [0, 0.05) is 25.2 Å². The first-order valence-electron chi connectivity index (χ1n) is 6.10. The molecule has 0 aliphatic rings. The highest BCUT2D eigenvalue weighted by Gasteiger charge is 2.18. The first-order valence-corrected chi connectivity index (χ1v) is 6.98. The largest absolute Gasteiger partial charge is 0.383 e. The van der Waals surface area contributed by atoms with Crippen LogP contribution in [0.15, 0.2) is 29.8 Å². The van der Waals surface area contributed by atoms with E-state index in [9.17, 15) is 4.79 Å². The van der Waals surface area contributed by atoms with Gasteiger partial charge in [-0.05, 0) is 12.1 Å². The van der Waals surface area contributed by atoms with Gasteiger partial charge in [-0.3, -0.25) is 9.78 Å². The number of rotatable bonds is 6. The second-order valence-electron chi connectivity index (χ2n) is 4.11. The number of thiazole rings is 1. The number of hydrogen-bond acceptors (Lipinski definition) is 6. The highest BCUT2D eigenvalue weighted by molar-refractivity contribution is 7.13. The van der Waals surface area contributed by atoms with E-state index in [2.05, 4.69) is 9.97 Å². The Labute approximate surface area is 121 Å². The Morgan fingerprint density at radius 3 is 2.95 bits per heavy atom. The lowest BCUT2D eigenvalue weighted by Crippen LogP contribution is -2.34. The van der Waals surface area contributed by atoms with Crippen molar-refractivity contribution < 1.29 is 9.53 Å². The monoisotopic (exact) mass is 292 g/mol. The fourth-order valence-corrected chi connectivity index (χ4v) is 2.23. The van der Waals surface area contributed by atoms with Gasteiger partial charge in [0.2, 0.25) is 0 Å². The van der Waals surface area contributed by atoms with Crippen molar-refractivity contribution >= 4 is 22.4 Å². The second kappa shape index (κ2) is 6.97. The minimum Gasteiger partial charge on any atom is -0.383 e. The van der Waals surface area contributed by atoms with Crippen molar-refractivity contribution in [3.8, 4) is 0 Å². The van der Waals surface area contributed by atoms with E-state index in [1.54, 1.807) is 23.6 Å². The summed E-state index contributed by atoms with van der Waals surface area (Å²) in [6.07, 6.45) is 1.70. The number of nitrogens with zero attached hydrogens (tertiary/aromatic N) is 3. The number of nitrogens with two attached hydrogens (primary N) is 1. The number of ether oxygens (including phenoxy) is 1. The van der Waals surface area contributed by atoms with Crippen LogP contribution in [-0.2, 0) is 11.3 Å². The maximum atomic E-state index is 12.4. The molecule has 0 spiro atoms. The lowest BCUT2D eigenvalue weighted by molar-refractivity contribution is 0.0673. The van der Waals surface area contributed by atoms with Gasteiger partial charge < -0.3 is 15.4 Å². The molecule has 0 fully saturated rings. The molecule has 2 N–H and O–H groups in total. The summed E-state index contributed by atoms with van der Waals surface area (Å²) in [5.41, 5.74) is 6.75. The highest BCUT2D eigenvalue weighted by Crippen LogP contribution is 2.14. The summed E-state index contributed by atoms with van der Waals surface area (Å²) in [4.78, 5) is 22.3. The van der Waals surface area contributed by atoms with E-state index in [1.807, 2.05) is 18.2 Å². The number of nitrogen functional groups attached to an aromatic ring is 1. The van der Waals surface area contributed by atoms with E-state index in [4.69, 9.17) is 10.5 Å². The number of aromatic nitrogens is 2. The van der Waals surface area contributed by atoms with Crippen molar-refractivity contribution in [2.45, 2.75) is 6.54 Å². The third-order valence-corrected chi connectivity index (χ3v) is 3.35.